The molecule has 0 saturated carbocycles. The summed E-state index contributed by atoms with van der Waals surface area (Å²) in [6.07, 6.45) is 0.493. The lowest BCUT2D eigenvalue weighted by Crippen LogP contribution is -2.38. The molecule has 1 atom stereocenters. The first kappa shape index (κ1) is 18.9. The van der Waals surface area contributed by atoms with E-state index in [0.717, 1.165) is 28.5 Å². The third-order valence-electron chi connectivity index (χ3n) is 4.34. The number of carbonyl (C=O) groups excluding carboxylic acids is 1. The van der Waals surface area contributed by atoms with Crippen LogP contribution in [-0.2, 0) is 14.6 Å². The zero-order valence-corrected chi connectivity index (χ0v) is 16.6. The minimum absolute atomic E-state index is 0.0390. The Morgan fingerprint density at radius 2 is 1.96 bits per heavy atom. The molecule has 7 nitrogen and oxygen atoms in total. The highest BCUT2D eigenvalue weighted by Crippen LogP contribution is 2.25. The van der Waals surface area contributed by atoms with Crippen LogP contribution < -0.4 is 0 Å². The van der Waals surface area contributed by atoms with E-state index in [4.69, 9.17) is 4.42 Å². The summed E-state index contributed by atoms with van der Waals surface area (Å²) in [5.41, 5.74) is 3.06. The molecule has 0 bridgehead atoms. The lowest BCUT2D eigenvalue weighted by atomic mass is 10.1. The van der Waals surface area contributed by atoms with Crippen molar-refractivity contribution in [3.05, 3.63) is 29.3 Å². The molecule has 0 N–H and O–H groups in total. The zero-order valence-electron chi connectivity index (χ0n) is 14.9. The Morgan fingerprint density at radius 3 is 2.58 bits per heavy atom. The van der Waals surface area contributed by atoms with E-state index in [1.54, 1.807) is 7.05 Å². The van der Waals surface area contributed by atoms with Gasteiger partial charge in [-0.1, -0.05) is 29.0 Å². The van der Waals surface area contributed by atoms with Crippen LogP contribution >= 0.6 is 11.8 Å². The van der Waals surface area contributed by atoms with Gasteiger partial charge in [-0.3, -0.25) is 4.79 Å². The average molecular weight is 396 g/mol. The minimum Gasteiger partial charge on any atom is -0.411 e. The predicted octanol–water partition coefficient (Wildman–Crippen LogP) is 2.09. The zero-order chi connectivity index (χ0) is 18.9. The second kappa shape index (κ2) is 7.40. The van der Waals surface area contributed by atoms with Crippen molar-refractivity contribution in [2.45, 2.75) is 31.5 Å². The van der Waals surface area contributed by atoms with Gasteiger partial charge in [-0.25, -0.2) is 8.42 Å². The van der Waals surface area contributed by atoms with Gasteiger partial charge >= 0.3 is 0 Å². The Balaban J connectivity index is 1.60. The monoisotopic (exact) mass is 395 g/mol. The second-order valence-electron chi connectivity index (χ2n) is 6.60. The fourth-order valence-corrected chi connectivity index (χ4v) is 5.45. The second-order valence-corrected chi connectivity index (χ2v) is 9.76. The first-order chi connectivity index (χ1) is 12.2. The van der Waals surface area contributed by atoms with Crippen LogP contribution in [0.25, 0.3) is 11.5 Å². The molecule has 26 heavy (non-hydrogen) atoms. The number of hydrogen-bond donors (Lipinski definition) is 0. The summed E-state index contributed by atoms with van der Waals surface area (Å²) in [6.45, 7) is 4.00. The Kier molecular flexibility index (Phi) is 5.38. The van der Waals surface area contributed by atoms with E-state index < -0.39 is 9.84 Å². The van der Waals surface area contributed by atoms with E-state index in [1.165, 1.54) is 4.90 Å². The van der Waals surface area contributed by atoms with E-state index in [1.807, 2.05) is 26.0 Å². The van der Waals surface area contributed by atoms with E-state index >= 15 is 0 Å². The molecule has 1 aromatic carbocycles. The predicted molar refractivity (Wildman–Crippen MR) is 99.8 cm³/mol. The van der Waals surface area contributed by atoms with Gasteiger partial charge in [0, 0.05) is 18.7 Å². The van der Waals surface area contributed by atoms with Gasteiger partial charge in [-0.2, -0.15) is 0 Å². The Hall–Kier alpha value is -1.87. The molecule has 1 aromatic heterocycles. The molecule has 2 heterocycles. The molecular formula is C17H21N3O4S2. The number of aromatic nitrogens is 2. The molecule has 2 aromatic rings. The van der Waals surface area contributed by atoms with Crippen molar-refractivity contribution in [1.29, 1.82) is 0 Å². The summed E-state index contributed by atoms with van der Waals surface area (Å²) in [6, 6.07) is 5.75. The quantitative estimate of drug-likeness (QED) is 0.716. The van der Waals surface area contributed by atoms with Crippen LogP contribution in [0.15, 0.2) is 27.8 Å². The van der Waals surface area contributed by atoms with E-state index in [2.05, 4.69) is 16.3 Å². The first-order valence-electron chi connectivity index (χ1n) is 8.24. The maximum Gasteiger partial charge on any atom is 0.277 e. The summed E-state index contributed by atoms with van der Waals surface area (Å²) in [7, 11) is -1.38. The van der Waals surface area contributed by atoms with Gasteiger partial charge in [0.2, 0.25) is 11.8 Å². The number of nitrogens with zero attached hydrogens (tertiary/aromatic N) is 3. The van der Waals surface area contributed by atoms with Crippen LogP contribution in [-0.4, -0.2) is 59.8 Å². The Morgan fingerprint density at radius 1 is 1.27 bits per heavy atom. The van der Waals surface area contributed by atoms with Gasteiger partial charge in [-0.15, -0.1) is 10.2 Å². The van der Waals surface area contributed by atoms with Crippen molar-refractivity contribution >= 4 is 27.5 Å². The summed E-state index contributed by atoms with van der Waals surface area (Å²) in [5, 5.41) is 8.35. The number of hydrogen-bond acceptors (Lipinski definition) is 7. The van der Waals surface area contributed by atoms with Crippen molar-refractivity contribution in [2.24, 2.45) is 0 Å². The summed E-state index contributed by atoms with van der Waals surface area (Å²) in [4.78, 5) is 13.8. The van der Waals surface area contributed by atoms with E-state index in [9.17, 15) is 13.2 Å². The summed E-state index contributed by atoms with van der Waals surface area (Å²) < 4.78 is 28.8. The smallest absolute Gasteiger partial charge is 0.277 e. The summed E-state index contributed by atoms with van der Waals surface area (Å²) >= 11 is 1.16. The molecule has 9 heteroatoms. The lowest BCUT2D eigenvalue weighted by molar-refractivity contribution is -0.128. The topological polar surface area (TPSA) is 93.4 Å². The minimum atomic E-state index is -3.02. The number of aryl methyl sites for hydroxylation is 2. The van der Waals surface area contributed by atoms with Gasteiger partial charge in [0.1, 0.15) is 0 Å². The third-order valence-corrected chi connectivity index (χ3v) is 6.90. The molecule has 3 rings (SSSR count). The van der Waals surface area contributed by atoms with Crippen molar-refractivity contribution in [3.63, 3.8) is 0 Å². The van der Waals surface area contributed by atoms with Gasteiger partial charge in [-0.05, 0) is 32.4 Å². The fraction of sp³-hybridized carbons (Fsp3) is 0.471. The average Bonchev–Trinajstić information content (AvgIpc) is 3.17. The van der Waals surface area contributed by atoms with Gasteiger partial charge in [0.25, 0.3) is 5.22 Å². The number of amides is 1. The van der Waals surface area contributed by atoms with Crippen LogP contribution in [0.4, 0.5) is 0 Å². The van der Waals surface area contributed by atoms with Crippen molar-refractivity contribution in [3.8, 4) is 11.5 Å². The normalized spacial score (nSPS) is 18.8. The molecule has 0 aliphatic carbocycles. The van der Waals surface area contributed by atoms with Gasteiger partial charge in [0.15, 0.2) is 9.84 Å². The number of rotatable bonds is 5. The SMILES string of the molecule is Cc1cc(C)cc(-c2nnc(SCC(=O)N(C)[C@@H]3CCS(=O)(=O)C3)o2)c1. The molecule has 1 saturated heterocycles. The molecule has 1 aliphatic heterocycles. The molecule has 1 fully saturated rings. The number of benzene rings is 1. The first-order valence-corrected chi connectivity index (χ1v) is 11.1. The van der Waals surface area contributed by atoms with Crippen LogP contribution in [0, 0.1) is 13.8 Å². The third kappa shape index (κ3) is 4.45. The number of carbonyl (C=O) groups is 1. The van der Waals surface area contributed by atoms with Crippen LogP contribution in [0.3, 0.4) is 0 Å². The van der Waals surface area contributed by atoms with E-state index in [-0.39, 0.29) is 29.2 Å². The largest absolute Gasteiger partial charge is 0.411 e. The molecule has 140 valence electrons. The highest BCUT2D eigenvalue weighted by Gasteiger charge is 2.32. The summed E-state index contributed by atoms with van der Waals surface area (Å²) in [5.74, 6) is 0.578. The molecule has 0 radical (unpaired) electrons. The van der Waals surface area contributed by atoms with Crippen LogP contribution in [0.1, 0.15) is 17.5 Å². The maximum absolute atomic E-state index is 12.3. The van der Waals surface area contributed by atoms with Gasteiger partial charge in [0.05, 0.1) is 17.3 Å². The fourth-order valence-electron chi connectivity index (χ4n) is 2.99. The van der Waals surface area contributed by atoms with Crippen molar-refractivity contribution < 1.29 is 17.6 Å². The molecule has 0 unspecified atom stereocenters. The molecule has 1 amide bonds. The van der Waals surface area contributed by atoms with Crippen LogP contribution in [0.5, 0.6) is 0 Å². The molecule has 1 aliphatic rings. The van der Waals surface area contributed by atoms with Crippen LogP contribution in [0.2, 0.25) is 0 Å². The molecular weight excluding hydrogens is 374 g/mol. The maximum atomic E-state index is 12.3. The molecule has 0 spiro atoms. The highest BCUT2D eigenvalue weighted by molar-refractivity contribution is 7.99. The standard InChI is InChI=1S/C17H21N3O4S2/c1-11-6-12(2)8-13(7-11)16-18-19-17(24-16)25-9-15(21)20(3)14-4-5-26(22,23)10-14/h6-8,14H,4-5,9-10H2,1-3H3/t14-/m1/s1. The number of sulfone groups is 1. The van der Waals surface area contributed by atoms with Crippen molar-refractivity contribution in [2.75, 3.05) is 24.3 Å². The Labute approximate surface area is 157 Å². The number of thioether (sulfide) groups is 1. The highest BCUT2D eigenvalue weighted by atomic mass is 32.2. The Bertz CT molecular complexity index is 904. The van der Waals surface area contributed by atoms with E-state index in [0.29, 0.717) is 17.5 Å². The van der Waals surface area contributed by atoms with Crippen molar-refractivity contribution in [1.82, 2.24) is 15.1 Å². The lowest BCUT2D eigenvalue weighted by Gasteiger charge is -2.22. The van der Waals surface area contributed by atoms with Gasteiger partial charge < -0.3 is 9.32 Å².